The first-order chi connectivity index (χ1) is 7.27. The summed E-state index contributed by atoms with van der Waals surface area (Å²) in [6.45, 7) is 6.04. The fourth-order valence-electron chi connectivity index (χ4n) is 1.75. The van der Waals surface area contributed by atoms with E-state index in [2.05, 4.69) is 31.6 Å². The molecule has 0 saturated carbocycles. The molecule has 0 aromatic heterocycles. The van der Waals surface area contributed by atoms with Gasteiger partial charge in [0.15, 0.2) is 6.29 Å². The Morgan fingerprint density at radius 1 is 1.40 bits per heavy atom. The third-order valence-corrected chi connectivity index (χ3v) is 3.42. The molecular weight excluding hydrogens is 208 g/mol. The molecule has 1 unspecified atom stereocenters. The predicted octanol–water partition coefficient (Wildman–Crippen LogP) is 3.29. The normalized spacial score (nSPS) is 22.3. The molecule has 0 aromatic rings. The van der Waals surface area contributed by atoms with E-state index >= 15 is 0 Å². The maximum Gasteiger partial charge on any atom is 0.158 e. The van der Waals surface area contributed by atoms with Gasteiger partial charge in [-0.15, -0.1) is 11.8 Å². The van der Waals surface area contributed by atoms with Gasteiger partial charge in [-0.05, 0) is 23.5 Å². The van der Waals surface area contributed by atoms with Crippen molar-refractivity contribution in [2.24, 2.45) is 11.8 Å². The second-order valence-corrected chi connectivity index (χ2v) is 4.76. The molecule has 1 heterocycles. The first-order valence-corrected chi connectivity index (χ1v) is 6.99. The molecule has 1 rings (SSSR count). The highest BCUT2D eigenvalue weighted by atomic mass is 32.2. The third kappa shape index (κ3) is 4.58. The quantitative estimate of drug-likeness (QED) is 0.697. The van der Waals surface area contributed by atoms with Crippen molar-refractivity contribution in [3.8, 4) is 0 Å². The van der Waals surface area contributed by atoms with Crippen LogP contribution in [0.3, 0.4) is 0 Å². The SMILES string of the molecule is CC[C@H](C)C(/C=C/SC)CC1OCCO1. The summed E-state index contributed by atoms with van der Waals surface area (Å²) in [5.41, 5.74) is 0. The molecule has 0 amide bonds. The van der Waals surface area contributed by atoms with Crippen LogP contribution in [0.25, 0.3) is 0 Å². The van der Waals surface area contributed by atoms with E-state index in [1.54, 1.807) is 11.8 Å². The van der Waals surface area contributed by atoms with E-state index in [9.17, 15) is 0 Å². The van der Waals surface area contributed by atoms with Gasteiger partial charge in [0.25, 0.3) is 0 Å². The Kier molecular flexibility index (Phi) is 6.37. The minimum atomic E-state index is 0.0236. The van der Waals surface area contributed by atoms with Crippen LogP contribution in [0.1, 0.15) is 26.7 Å². The molecule has 88 valence electrons. The van der Waals surface area contributed by atoms with Crippen molar-refractivity contribution in [2.45, 2.75) is 33.0 Å². The zero-order valence-electron chi connectivity index (χ0n) is 9.94. The Morgan fingerprint density at radius 2 is 2.07 bits per heavy atom. The molecule has 0 aliphatic carbocycles. The molecule has 1 aliphatic heterocycles. The number of ether oxygens (including phenoxy) is 2. The zero-order valence-corrected chi connectivity index (χ0v) is 10.8. The summed E-state index contributed by atoms with van der Waals surface area (Å²) < 4.78 is 11.0. The van der Waals surface area contributed by atoms with Gasteiger partial charge in [0.1, 0.15) is 0 Å². The lowest BCUT2D eigenvalue weighted by Gasteiger charge is -2.22. The van der Waals surface area contributed by atoms with E-state index in [0.29, 0.717) is 11.8 Å². The minimum Gasteiger partial charge on any atom is -0.350 e. The Morgan fingerprint density at radius 3 is 2.60 bits per heavy atom. The molecule has 0 radical (unpaired) electrons. The van der Waals surface area contributed by atoms with Gasteiger partial charge >= 0.3 is 0 Å². The Bertz CT molecular complexity index is 188. The third-order valence-electron chi connectivity index (χ3n) is 2.99. The lowest BCUT2D eigenvalue weighted by Crippen LogP contribution is -2.18. The Balaban J connectivity index is 2.43. The standard InChI is InChI=1S/C12H22O2S/c1-4-10(2)11(5-8-15-3)9-12-13-6-7-14-12/h5,8,10-12H,4,6-7,9H2,1-3H3/b8-5+/t10-,11?/m0/s1. The molecule has 2 atom stereocenters. The largest absolute Gasteiger partial charge is 0.350 e. The maximum atomic E-state index is 5.50. The van der Waals surface area contributed by atoms with Crippen LogP contribution >= 0.6 is 11.8 Å². The van der Waals surface area contributed by atoms with Crippen LogP contribution in [0.15, 0.2) is 11.5 Å². The fourth-order valence-corrected chi connectivity index (χ4v) is 2.11. The number of rotatable bonds is 6. The summed E-state index contributed by atoms with van der Waals surface area (Å²) in [5, 5.41) is 2.17. The van der Waals surface area contributed by atoms with E-state index in [4.69, 9.17) is 9.47 Å². The molecule has 0 N–H and O–H groups in total. The fraction of sp³-hybridized carbons (Fsp3) is 0.833. The number of allylic oxidation sites excluding steroid dienone is 1. The summed E-state index contributed by atoms with van der Waals surface area (Å²) in [4.78, 5) is 0. The van der Waals surface area contributed by atoms with Crippen LogP contribution in [-0.4, -0.2) is 25.8 Å². The number of hydrogen-bond acceptors (Lipinski definition) is 3. The van der Waals surface area contributed by atoms with E-state index in [1.807, 2.05) is 0 Å². The van der Waals surface area contributed by atoms with E-state index in [-0.39, 0.29) is 6.29 Å². The molecule has 2 nitrogen and oxygen atoms in total. The zero-order chi connectivity index (χ0) is 11.1. The number of thioether (sulfide) groups is 1. The van der Waals surface area contributed by atoms with Crippen LogP contribution < -0.4 is 0 Å². The van der Waals surface area contributed by atoms with Crippen molar-refractivity contribution < 1.29 is 9.47 Å². The monoisotopic (exact) mass is 230 g/mol. The highest BCUT2D eigenvalue weighted by Gasteiger charge is 2.22. The van der Waals surface area contributed by atoms with Crippen molar-refractivity contribution in [1.29, 1.82) is 0 Å². The molecule has 1 fully saturated rings. The molecule has 15 heavy (non-hydrogen) atoms. The Labute approximate surface area is 97.4 Å². The van der Waals surface area contributed by atoms with Crippen molar-refractivity contribution in [3.05, 3.63) is 11.5 Å². The van der Waals surface area contributed by atoms with Crippen molar-refractivity contribution >= 4 is 11.8 Å². The van der Waals surface area contributed by atoms with Crippen LogP contribution in [0.4, 0.5) is 0 Å². The van der Waals surface area contributed by atoms with Gasteiger partial charge in [0.2, 0.25) is 0 Å². The van der Waals surface area contributed by atoms with E-state index in [0.717, 1.165) is 19.6 Å². The predicted molar refractivity (Wildman–Crippen MR) is 65.9 cm³/mol. The van der Waals surface area contributed by atoms with E-state index < -0.39 is 0 Å². The summed E-state index contributed by atoms with van der Waals surface area (Å²) in [7, 11) is 0. The van der Waals surface area contributed by atoms with Crippen molar-refractivity contribution in [1.82, 2.24) is 0 Å². The van der Waals surface area contributed by atoms with Crippen LogP contribution in [-0.2, 0) is 9.47 Å². The van der Waals surface area contributed by atoms with Crippen LogP contribution in [0.5, 0.6) is 0 Å². The minimum absolute atomic E-state index is 0.0236. The second kappa shape index (κ2) is 7.31. The van der Waals surface area contributed by atoms with Crippen LogP contribution in [0, 0.1) is 11.8 Å². The lowest BCUT2D eigenvalue weighted by atomic mass is 9.89. The highest BCUT2D eigenvalue weighted by molar-refractivity contribution is 8.01. The average molecular weight is 230 g/mol. The lowest BCUT2D eigenvalue weighted by molar-refractivity contribution is -0.0570. The summed E-state index contributed by atoms with van der Waals surface area (Å²) in [6, 6.07) is 0. The Hall–Kier alpha value is 0.01000. The molecular formula is C12H22O2S. The first kappa shape index (κ1) is 13.1. The van der Waals surface area contributed by atoms with E-state index in [1.165, 1.54) is 6.42 Å². The summed E-state index contributed by atoms with van der Waals surface area (Å²) in [6.07, 6.45) is 6.61. The van der Waals surface area contributed by atoms with Gasteiger partial charge < -0.3 is 9.47 Å². The average Bonchev–Trinajstić information content (AvgIpc) is 2.75. The first-order valence-electron chi connectivity index (χ1n) is 5.70. The van der Waals surface area contributed by atoms with Crippen molar-refractivity contribution in [2.75, 3.05) is 19.5 Å². The van der Waals surface area contributed by atoms with Crippen molar-refractivity contribution in [3.63, 3.8) is 0 Å². The second-order valence-electron chi connectivity index (χ2n) is 4.02. The molecule has 3 heteroatoms. The smallest absolute Gasteiger partial charge is 0.158 e. The van der Waals surface area contributed by atoms with Gasteiger partial charge in [0.05, 0.1) is 13.2 Å². The maximum absolute atomic E-state index is 5.50. The molecule has 0 aromatic carbocycles. The molecule has 0 bridgehead atoms. The number of hydrogen-bond donors (Lipinski definition) is 0. The summed E-state index contributed by atoms with van der Waals surface area (Å²) in [5.74, 6) is 1.27. The highest BCUT2D eigenvalue weighted by Crippen LogP contribution is 2.25. The van der Waals surface area contributed by atoms with Gasteiger partial charge in [0, 0.05) is 6.42 Å². The van der Waals surface area contributed by atoms with Gasteiger partial charge in [-0.25, -0.2) is 0 Å². The molecule has 1 saturated heterocycles. The van der Waals surface area contributed by atoms with Crippen LogP contribution in [0.2, 0.25) is 0 Å². The molecule has 0 spiro atoms. The van der Waals surface area contributed by atoms with Gasteiger partial charge in [-0.2, -0.15) is 0 Å². The van der Waals surface area contributed by atoms with Gasteiger partial charge in [-0.1, -0.05) is 26.3 Å². The molecule has 1 aliphatic rings. The topological polar surface area (TPSA) is 18.5 Å². The van der Waals surface area contributed by atoms with Gasteiger partial charge in [-0.3, -0.25) is 0 Å². The summed E-state index contributed by atoms with van der Waals surface area (Å²) >= 11 is 1.75.